The molecule has 0 radical (unpaired) electrons. The summed E-state index contributed by atoms with van der Waals surface area (Å²) in [5, 5.41) is 5.01. The largest absolute Gasteiger partial charge is 0.303 e. The minimum absolute atomic E-state index is 0.103. The molecule has 0 aliphatic carbocycles. The summed E-state index contributed by atoms with van der Waals surface area (Å²) in [5.74, 6) is 0.882. The fraction of sp³-hybridized carbons (Fsp3) is 1.00. The van der Waals surface area contributed by atoms with Crippen LogP contribution in [0, 0.1) is 11.3 Å². The van der Waals surface area contributed by atoms with Gasteiger partial charge in [-0.3, -0.25) is 0 Å². The Morgan fingerprint density at radius 3 is 2.44 bits per heavy atom. The first kappa shape index (κ1) is 15.9. The molecule has 1 atom stereocenters. The molecule has 5 heteroatoms. The summed E-state index contributed by atoms with van der Waals surface area (Å²) < 4.78 is 21.8. The van der Waals surface area contributed by atoms with Crippen molar-refractivity contribution in [2.75, 3.05) is 25.4 Å². The Balaban J connectivity index is 2.34. The van der Waals surface area contributed by atoms with Gasteiger partial charge in [0.25, 0.3) is 0 Å². The predicted octanol–water partition coefficient (Wildman–Crippen LogP) is 1.81. The van der Waals surface area contributed by atoms with E-state index in [1.54, 1.807) is 0 Å². The molecule has 0 saturated carbocycles. The number of nitrogens with zero attached hydrogens (tertiary/aromatic N) is 1. The number of likely N-dealkylation sites (tertiary alicyclic amines) is 1. The smallest absolute Gasteiger partial charge is 0.209 e. The normalized spacial score (nSPS) is 23.9. The molecule has 0 amide bonds. The number of sulfonamides is 1. The third-order valence-electron chi connectivity index (χ3n) is 3.95. The van der Waals surface area contributed by atoms with Gasteiger partial charge in [0.2, 0.25) is 10.0 Å². The van der Waals surface area contributed by atoms with E-state index >= 15 is 0 Å². The minimum Gasteiger partial charge on any atom is -0.303 e. The summed E-state index contributed by atoms with van der Waals surface area (Å²) in [7, 11) is -3.29. The lowest BCUT2D eigenvalue weighted by atomic mass is 9.77. The summed E-state index contributed by atoms with van der Waals surface area (Å²) in [6.07, 6.45) is 4.38. The summed E-state index contributed by atoms with van der Waals surface area (Å²) in [6.45, 7) is 9.98. The maximum atomic E-state index is 10.9. The zero-order valence-corrected chi connectivity index (χ0v) is 12.8. The van der Waals surface area contributed by atoms with Crippen molar-refractivity contribution in [3.63, 3.8) is 0 Å². The molecule has 1 heterocycles. The highest BCUT2D eigenvalue weighted by Gasteiger charge is 2.26. The van der Waals surface area contributed by atoms with Crippen LogP contribution in [0.5, 0.6) is 0 Å². The van der Waals surface area contributed by atoms with Crippen LogP contribution in [0.3, 0.4) is 0 Å². The van der Waals surface area contributed by atoms with Gasteiger partial charge >= 0.3 is 0 Å². The van der Waals surface area contributed by atoms with E-state index in [-0.39, 0.29) is 5.75 Å². The Kier molecular flexibility index (Phi) is 5.62. The van der Waals surface area contributed by atoms with E-state index in [9.17, 15) is 8.42 Å². The zero-order chi connectivity index (χ0) is 13.8. The van der Waals surface area contributed by atoms with Gasteiger partial charge in [0.1, 0.15) is 0 Å². The summed E-state index contributed by atoms with van der Waals surface area (Å²) >= 11 is 0. The molecular formula is C13H28N2O2S. The molecule has 18 heavy (non-hydrogen) atoms. The van der Waals surface area contributed by atoms with Crippen LogP contribution in [0.2, 0.25) is 0 Å². The molecule has 1 unspecified atom stereocenters. The van der Waals surface area contributed by atoms with E-state index in [2.05, 4.69) is 25.7 Å². The second kappa shape index (κ2) is 6.35. The first-order valence-electron chi connectivity index (χ1n) is 6.91. The van der Waals surface area contributed by atoms with Crippen LogP contribution >= 0.6 is 0 Å². The average Bonchev–Trinajstić information content (AvgIpc) is 2.40. The van der Waals surface area contributed by atoms with Crippen LogP contribution in [0.15, 0.2) is 0 Å². The van der Waals surface area contributed by atoms with Gasteiger partial charge < -0.3 is 4.90 Å². The van der Waals surface area contributed by atoms with Crippen molar-refractivity contribution >= 4 is 10.0 Å². The van der Waals surface area contributed by atoms with Gasteiger partial charge in [-0.2, -0.15) is 0 Å². The van der Waals surface area contributed by atoms with Crippen molar-refractivity contribution in [1.29, 1.82) is 0 Å². The molecule has 108 valence electrons. The molecule has 0 spiro atoms. The molecule has 1 aliphatic heterocycles. The highest BCUT2D eigenvalue weighted by atomic mass is 32.2. The van der Waals surface area contributed by atoms with Gasteiger partial charge in [-0.05, 0) is 56.7 Å². The van der Waals surface area contributed by atoms with Crippen LogP contribution in [0.1, 0.15) is 46.5 Å². The van der Waals surface area contributed by atoms with Gasteiger partial charge in [0.05, 0.1) is 5.75 Å². The quantitative estimate of drug-likeness (QED) is 0.852. The van der Waals surface area contributed by atoms with E-state index in [1.807, 2.05) is 0 Å². The van der Waals surface area contributed by atoms with Crippen molar-refractivity contribution in [3.8, 4) is 0 Å². The maximum Gasteiger partial charge on any atom is 0.209 e. The first-order valence-corrected chi connectivity index (χ1v) is 8.63. The molecule has 2 N–H and O–H groups in total. The minimum atomic E-state index is -3.29. The zero-order valence-electron chi connectivity index (χ0n) is 12.0. The molecule has 0 aromatic rings. The Morgan fingerprint density at radius 1 is 1.22 bits per heavy atom. The summed E-state index contributed by atoms with van der Waals surface area (Å²) in [4.78, 5) is 2.39. The van der Waals surface area contributed by atoms with Crippen molar-refractivity contribution in [2.24, 2.45) is 16.5 Å². The molecule has 0 aromatic carbocycles. The monoisotopic (exact) mass is 276 g/mol. The van der Waals surface area contributed by atoms with E-state index in [4.69, 9.17) is 5.14 Å². The van der Waals surface area contributed by atoms with Crippen LogP contribution in [-0.4, -0.2) is 38.7 Å². The van der Waals surface area contributed by atoms with Crippen molar-refractivity contribution in [2.45, 2.75) is 46.5 Å². The van der Waals surface area contributed by atoms with Crippen LogP contribution in [0.25, 0.3) is 0 Å². The number of hydrogen-bond acceptors (Lipinski definition) is 3. The molecule has 1 saturated heterocycles. The topological polar surface area (TPSA) is 63.4 Å². The van der Waals surface area contributed by atoms with Crippen LogP contribution < -0.4 is 5.14 Å². The van der Waals surface area contributed by atoms with Crippen molar-refractivity contribution in [1.82, 2.24) is 4.90 Å². The van der Waals surface area contributed by atoms with E-state index in [0.717, 1.165) is 25.6 Å². The van der Waals surface area contributed by atoms with Gasteiger partial charge in [0, 0.05) is 0 Å². The van der Waals surface area contributed by atoms with Gasteiger partial charge in [-0.25, -0.2) is 13.6 Å². The van der Waals surface area contributed by atoms with Crippen LogP contribution in [-0.2, 0) is 10.0 Å². The van der Waals surface area contributed by atoms with Gasteiger partial charge in [-0.1, -0.05) is 20.8 Å². The lowest BCUT2D eigenvalue weighted by molar-refractivity contribution is 0.208. The Bertz CT molecular complexity index is 346. The van der Waals surface area contributed by atoms with Gasteiger partial charge in [-0.15, -0.1) is 0 Å². The Hall–Kier alpha value is -0.130. The first-order chi connectivity index (χ1) is 8.18. The lowest BCUT2D eigenvalue weighted by Crippen LogP contribution is -2.29. The maximum absolute atomic E-state index is 10.9. The summed E-state index contributed by atoms with van der Waals surface area (Å²) in [5.41, 5.74) is 0.386. The van der Waals surface area contributed by atoms with E-state index in [0.29, 0.717) is 11.8 Å². The number of hydrogen-bond donors (Lipinski definition) is 1. The summed E-state index contributed by atoms with van der Waals surface area (Å²) in [6, 6.07) is 0. The van der Waals surface area contributed by atoms with Gasteiger partial charge in [0.15, 0.2) is 0 Å². The molecule has 1 rings (SSSR count). The SMILES string of the molecule is CC(C)(C)C1CCCN(CCCS(N)(=O)=O)CC1. The van der Waals surface area contributed by atoms with E-state index < -0.39 is 10.0 Å². The Morgan fingerprint density at radius 2 is 1.89 bits per heavy atom. The predicted molar refractivity (Wildman–Crippen MR) is 75.8 cm³/mol. The number of nitrogens with two attached hydrogens (primary N) is 1. The molecule has 1 aliphatic rings. The standard InChI is InChI=1S/C13H28N2O2S/c1-13(2,3)12-6-4-8-15(10-7-12)9-5-11-18(14,16)17/h12H,4-11H2,1-3H3,(H2,14,16,17). The Labute approximate surface area is 112 Å². The lowest BCUT2D eigenvalue weighted by Gasteiger charge is -2.29. The number of primary sulfonamides is 1. The van der Waals surface area contributed by atoms with Crippen molar-refractivity contribution < 1.29 is 8.42 Å². The second-order valence-corrected chi connectivity index (χ2v) is 8.29. The second-order valence-electron chi connectivity index (χ2n) is 6.56. The highest BCUT2D eigenvalue weighted by Crippen LogP contribution is 2.34. The fourth-order valence-corrected chi connectivity index (χ4v) is 3.27. The van der Waals surface area contributed by atoms with Crippen LogP contribution in [0.4, 0.5) is 0 Å². The molecular weight excluding hydrogens is 248 g/mol. The average molecular weight is 276 g/mol. The molecule has 0 aromatic heterocycles. The molecule has 0 bridgehead atoms. The third kappa shape index (κ3) is 6.16. The number of rotatable bonds is 4. The fourth-order valence-electron chi connectivity index (χ4n) is 2.73. The molecule has 1 fully saturated rings. The van der Waals surface area contributed by atoms with E-state index in [1.165, 1.54) is 19.3 Å². The third-order valence-corrected chi connectivity index (χ3v) is 4.81. The van der Waals surface area contributed by atoms with Crippen molar-refractivity contribution in [3.05, 3.63) is 0 Å². The highest BCUT2D eigenvalue weighted by molar-refractivity contribution is 7.89. The molecule has 4 nitrogen and oxygen atoms in total.